The number of nitriles is 1. The molecule has 0 aliphatic carbocycles. The summed E-state index contributed by atoms with van der Waals surface area (Å²) in [5, 5.41) is 21.7. The van der Waals surface area contributed by atoms with E-state index in [0.717, 1.165) is 69.1 Å². The van der Waals surface area contributed by atoms with Crippen molar-refractivity contribution in [1.82, 2.24) is 34.2 Å². The second-order valence-corrected chi connectivity index (χ2v) is 11.0. The van der Waals surface area contributed by atoms with Crippen molar-refractivity contribution in [3.63, 3.8) is 0 Å². The predicted octanol–water partition coefficient (Wildman–Crippen LogP) is 2.80. The van der Waals surface area contributed by atoms with Crippen molar-refractivity contribution in [3.8, 4) is 6.07 Å². The van der Waals surface area contributed by atoms with Crippen LogP contribution in [0.2, 0.25) is 0 Å². The van der Waals surface area contributed by atoms with Crippen molar-refractivity contribution in [2.75, 3.05) is 56.5 Å². The van der Waals surface area contributed by atoms with E-state index in [1.54, 1.807) is 21.6 Å². The number of aryl methyl sites for hydroxylation is 1. The van der Waals surface area contributed by atoms with Crippen LogP contribution in [0.1, 0.15) is 18.4 Å². The molecule has 5 heterocycles. The molecule has 3 aromatic heterocycles. The van der Waals surface area contributed by atoms with Gasteiger partial charge in [0.15, 0.2) is 5.65 Å². The number of nitrogens with one attached hydrogen (secondary N) is 1. The zero-order valence-corrected chi connectivity index (χ0v) is 22.8. The van der Waals surface area contributed by atoms with Gasteiger partial charge in [-0.2, -0.15) is 15.3 Å². The molecule has 6 rings (SSSR count). The highest BCUT2D eigenvalue weighted by atomic mass is 16.2. The Morgan fingerprint density at radius 1 is 1.10 bits per heavy atom. The number of fused-ring (bicyclic) bond motifs is 1. The highest BCUT2D eigenvalue weighted by Crippen LogP contribution is 2.42. The van der Waals surface area contributed by atoms with Gasteiger partial charge in [-0.15, -0.1) is 5.10 Å². The molecule has 1 N–H and O–H groups in total. The fourth-order valence-electron chi connectivity index (χ4n) is 5.64. The van der Waals surface area contributed by atoms with E-state index < -0.39 is 0 Å². The standard InChI is InChI=1S/C29H34N10O/c1-35-14-16-36(17-15-35)26(40)20-38-19-24(18-31-38)32-28-33-27-25(8-5-13-39(27)34-28)37-21-29(22-37,11-12-30)10-9-23-6-3-2-4-7-23/h2-8,13,18-19H,9-11,14-17,20-22H2,1H3,(H,32,34). The molecule has 0 radical (unpaired) electrons. The summed E-state index contributed by atoms with van der Waals surface area (Å²) in [5.41, 5.74) is 3.78. The van der Waals surface area contributed by atoms with Gasteiger partial charge in [0.05, 0.1) is 23.6 Å². The van der Waals surface area contributed by atoms with Gasteiger partial charge in [-0.3, -0.25) is 9.48 Å². The van der Waals surface area contributed by atoms with Crippen LogP contribution in [-0.2, 0) is 17.8 Å². The number of amides is 1. The van der Waals surface area contributed by atoms with Gasteiger partial charge in [0.2, 0.25) is 11.9 Å². The van der Waals surface area contributed by atoms with Crippen LogP contribution < -0.4 is 10.2 Å². The minimum Gasteiger partial charge on any atom is -0.367 e. The Kier molecular flexibility index (Phi) is 7.09. The number of benzene rings is 1. The Bertz CT molecular complexity index is 1510. The lowest BCUT2D eigenvalue weighted by Crippen LogP contribution is -2.56. The number of piperazine rings is 1. The van der Waals surface area contributed by atoms with Gasteiger partial charge >= 0.3 is 0 Å². The molecule has 2 saturated heterocycles. The molecule has 40 heavy (non-hydrogen) atoms. The Morgan fingerprint density at radius 2 is 1.90 bits per heavy atom. The second kappa shape index (κ2) is 11.0. The van der Waals surface area contributed by atoms with Crippen LogP contribution in [0.4, 0.5) is 17.3 Å². The highest BCUT2D eigenvalue weighted by Gasteiger charge is 2.43. The first-order valence-corrected chi connectivity index (χ1v) is 13.8. The zero-order chi connectivity index (χ0) is 27.5. The minimum absolute atomic E-state index is 0.0192. The molecule has 206 valence electrons. The molecule has 0 unspecified atom stereocenters. The van der Waals surface area contributed by atoms with Crippen molar-refractivity contribution in [2.24, 2.45) is 5.41 Å². The van der Waals surface area contributed by atoms with Crippen LogP contribution in [0.3, 0.4) is 0 Å². The molecular weight excluding hydrogens is 504 g/mol. The Morgan fingerprint density at radius 3 is 2.67 bits per heavy atom. The van der Waals surface area contributed by atoms with E-state index in [0.29, 0.717) is 12.4 Å². The minimum atomic E-state index is -0.0192. The van der Waals surface area contributed by atoms with Crippen molar-refractivity contribution < 1.29 is 4.79 Å². The molecular formula is C29H34N10O. The molecule has 0 atom stereocenters. The third kappa shape index (κ3) is 5.49. The van der Waals surface area contributed by atoms with Crippen molar-refractivity contribution in [3.05, 3.63) is 66.6 Å². The number of nitrogens with zero attached hydrogens (tertiary/aromatic N) is 9. The summed E-state index contributed by atoms with van der Waals surface area (Å²) in [5.74, 6) is 0.536. The number of pyridine rings is 1. The fraction of sp³-hybridized carbons (Fsp3) is 0.414. The lowest BCUT2D eigenvalue weighted by Gasteiger charge is -2.50. The SMILES string of the molecule is CN1CCN(C(=O)Cn2cc(Nc3nc4c(N5CC(CC#N)(CCc6ccccc6)C5)cccn4n3)cn2)CC1. The van der Waals surface area contributed by atoms with E-state index in [4.69, 9.17) is 4.98 Å². The molecule has 2 aliphatic rings. The van der Waals surface area contributed by atoms with Gasteiger partial charge in [-0.05, 0) is 37.6 Å². The number of rotatable bonds is 9. The van der Waals surface area contributed by atoms with Crippen molar-refractivity contribution in [2.45, 2.75) is 25.8 Å². The maximum absolute atomic E-state index is 12.7. The molecule has 0 saturated carbocycles. The zero-order valence-electron chi connectivity index (χ0n) is 22.8. The fourth-order valence-corrected chi connectivity index (χ4v) is 5.64. The molecule has 11 nitrogen and oxygen atoms in total. The number of anilines is 3. The molecule has 2 fully saturated rings. The highest BCUT2D eigenvalue weighted by molar-refractivity contribution is 5.76. The molecule has 4 aromatic rings. The third-order valence-electron chi connectivity index (χ3n) is 8.02. The van der Waals surface area contributed by atoms with Crippen molar-refractivity contribution in [1.29, 1.82) is 5.26 Å². The summed E-state index contributed by atoms with van der Waals surface area (Å²) in [6.07, 6.45) is 7.85. The van der Waals surface area contributed by atoms with Crippen LogP contribution in [-0.4, -0.2) is 86.4 Å². The van der Waals surface area contributed by atoms with Crippen LogP contribution in [0.25, 0.3) is 5.65 Å². The first kappa shape index (κ1) is 25.8. The van der Waals surface area contributed by atoms with Crippen LogP contribution in [0.15, 0.2) is 61.1 Å². The van der Waals surface area contributed by atoms with Gasteiger partial charge in [-0.1, -0.05) is 30.3 Å². The second-order valence-electron chi connectivity index (χ2n) is 11.0. The van der Waals surface area contributed by atoms with Gasteiger partial charge in [0, 0.05) is 63.5 Å². The third-order valence-corrected chi connectivity index (χ3v) is 8.02. The van der Waals surface area contributed by atoms with Crippen molar-refractivity contribution >= 4 is 28.9 Å². The predicted molar refractivity (Wildman–Crippen MR) is 152 cm³/mol. The van der Waals surface area contributed by atoms with E-state index in [1.807, 2.05) is 23.2 Å². The molecule has 1 aromatic carbocycles. The Labute approximate surface area is 233 Å². The maximum Gasteiger partial charge on any atom is 0.247 e. The van der Waals surface area contributed by atoms with Crippen LogP contribution >= 0.6 is 0 Å². The lowest BCUT2D eigenvalue weighted by molar-refractivity contribution is -0.133. The molecule has 0 bridgehead atoms. The van der Waals surface area contributed by atoms with E-state index >= 15 is 0 Å². The summed E-state index contributed by atoms with van der Waals surface area (Å²) < 4.78 is 3.42. The van der Waals surface area contributed by atoms with Crippen LogP contribution in [0, 0.1) is 16.7 Å². The first-order chi connectivity index (χ1) is 19.5. The van der Waals surface area contributed by atoms with E-state index in [2.05, 4.69) is 68.8 Å². The number of carbonyl (C=O) groups is 1. The topological polar surface area (TPSA) is 111 Å². The number of likely N-dealkylation sites (N-methyl/N-ethyl adjacent to an activating group) is 1. The summed E-state index contributed by atoms with van der Waals surface area (Å²) >= 11 is 0. The summed E-state index contributed by atoms with van der Waals surface area (Å²) in [6, 6.07) is 16.9. The first-order valence-electron chi connectivity index (χ1n) is 13.8. The maximum atomic E-state index is 12.7. The number of hydrogen-bond acceptors (Lipinski definition) is 8. The molecule has 11 heteroatoms. The van der Waals surface area contributed by atoms with E-state index in [9.17, 15) is 10.1 Å². The molecule has 0 spiro atoms. The normalized spacial score (nSPS) is 17.0. The van der Waals surface area contributed by atoms with E-state index in [-0.39, 0.29) is 17.9 Å². The number of hydrogen-bond donors (Lipinski definition) is 1. The summed E-state index contributed by atoms with van der Waals surface area (Å²) in [6.45, 7) is 5.12. The summed E-state index contributed by atoms with van der Waals surface area (Å²) in [7, 11) is 2.07. The quantitative estimate of drug-likeness (QED) is 0.346. The molecule has 1 amide bonds. The number of aromatic nitrogens is 5. The van der Waals surface area contributed by atoms with Gasteiger partial charge in [0.25, 0.3) is 0 Å². The molecule has 2 aliphatic heterocycles. The van der Waals surface area contributed by atoms with Gasteiger partial charge in [-0.25, -0.2) is 4.52 Å². The lowest BCUT2D eigenvalue weighted by atomic mass is 9.72. The number of carbonyl (C=O) groups excluding carboxylic acids is 1. The van der Waals surface area contributed by atoms with Gasteiger partial charge < -0.3 is 20.0 Å². The average molecular weight is 539 g/mol. The Hall–Kier alpha value is -4.43. The largest absolute Gasteiger partial charge is 0.367 e. The Balaban J connectivity index is 1.10. The average Bonchev–Trinajstić information content (AvgIpc) is 3.57. The van der Waals surface area contributed by atoms with Crippen LogP contribution in [0.5, 0.6) is 0 Å². The smallest absolute Gasteiger partial charge is 0.247 e. The van der Waals surface area contributed by atoms with E-state index in [1.165, 1.54) is 5.56 Å². The van der Waals surface area contributed by atoms with Gasteiger partial charge in [0.1, 0.15) is 6.54 Å². The summed E-state index contributed by atoms with van der Waals surface area (Å²) in [4.78, 5) is 23.8. The monoisotopic (exact) mass is 538 g/mol.